The van der Waals surface area contributed by atoms with E-state index in [2.05, 4.69) is 20.2 Å². The van der Waals surface area contributed by atoms with E-state index in [0.717, 1.165) is 5.56 Å². The molecule has 0 unspecified atom stereocenters. The van der Waals surface area contributed by atoms with Crippen LogP contribution in [0.3, 0.4) is 0 Å². The molecule has 0 aliphatic carbocycles. The molecule has 0 bridgehead atoms. The van der Waals surface area contributed by atoms with Crippen LogP contribution in [-0.2, 0) is 29.2 Å². The van der Waals surface area contributed by atoms with E-state index in [-0.39, 0.29) is 24.3 Å². The van der Waals surface area contributed by atoms with Gasteiger partial charge in [-0.25, -0.2) is 0 Å². The molecule has 0 radical (unpaired) electrons. The fourth-order valence-corrected chi connectivity index (χ4v) is 3.27. The zero-order valence-electron chi connectivity index (χ0n) is 16.0. The van der Waals surface area contributed by atoms with Crippen LogP contribution in [0.2, 0.25) is 0 Å². The van der Waals surface area contributed by atoms with Gasteiger partial charge in [-0.3, -0.25) is 19.7 Å². The van der Waals surface area contributed by atoms with Gasteiger partial charge in [-0.15, -0.1) is 0 Å². The Bertz CT molecular complexity index is 800. The first kappa shape index (κ1) is 20.2. The summed E-state index contributed by atoms with van der Waals surface area (Å²) < 4.78 is 5.57. The number of aliphatic hydroxyl groups is 1. The predicted octanol–water partition coefficient (Wildman–Crippen LogP) is 0.890. The molecule has 3 N–H and O–H groups in total. The van der Waals surface area contributed by atoms with Crippen LogP contribution in [0.15, 0.2) is 30.7 Å². The number of morpholine rings is 1. The van der Waals surface area contributed by atoms with E-state index in [9.17, 15) is 15.0 Å². The fraction of sp³-hybridized carbons (Fsp3) is 0.450. The van der Waals surface area contributed by atoms with Crippen LogP contribution in [0.1, 0.15) is 28.8 Å². The Hall–Kier alpha value is -2.55. The Morgan fingerprint density at radius 1 is 1.43 bits per heavy atom. The Kier molecular flexibility index (Phi) is 6.91. The van der Waals surface area contributed by atoms with E-state index in [0.29, 0.717) is 56.1 Å². The molecule has 0 aromatic carbocycles. The maximum absolute atomic E-state index is 12.4. The molecule has 8 heteroatoms. The number of carbonyl (C=O) groups is 1. The lowest BCUT2D eigenvalue weighted by atomic mass is 10.0. The maximum Gasteiger partial charge on any atom is 0.221 e. The summed E-state index contributed by atoms with van der Waals surface area (Å²) in [6, 6.07) is 3.64. The van der Waals surface area contributed by atoms with Crippen LogP contribution in [-0.4, -0.2) is 56.8 Å². The molecule has 1 atom stereocenters. The third-order valence-corrected chi connectivity index (χ3v) is 4.94. The molecule has 3 rings (SSSR count). The average molecular weight is 386 g/mol. The standard InChI is InChI=1S/C20H26N4O4/c1-14-20(27)18(16(12-25)10-22-14)11-24-5-6-28-13-17(24)7-19(26)23-9-15-3-2-4-21-8-15/h2-4,8,10,17,25,27H,5-7,9,11-13H2,1H3,(H,23,26)/t17-/m1/s1. The van der Waals surface area contributed by atoms with Crippen molar-refractivity contribution in [3.8, 4) is 5.75 Å². The first-order chi connectivity index (χ1) is 13.6. The van der Waals surface area contributed by atoms with Crippen LogP contribution in [0, 0.1) is 6.92 Å². The number of aryl methyl sites for hydroxylation is 1. The Labute approximate surface area is 164 Å². The Balaban J connectivity index is 1.64. The number of carbonyl (C=O) groups excluding carboxylic acids is 1. The number of aromatic hydroxyl groups is 1. The summed E-state index contributed by atoms with van der Waals surface area (Å²) in [5, 5.41) is 22.9. The summed E-state index contributed by atoms with van der Waals surface area (Å²) in [5.41, 5.74) is 2.70. The van der Waals surface area contributed by atoms with Gasteiger partial charge >= 0.3 is 0 Å². The van der Waals surface area contributed by atoms with Crippen molar-refractivity contribution in [1.82, 2.24) is 20.2 Å². The van der Waals surface area contributed by atoms with Crippen LogP contribution in [0.4, 0.5) is 0 Å². The van der Waals surface area contributed by atoms with Gasteiger partial charge in [0.15, 0.2) is 0 Å². The van der Waals surface area contributed by atoms with Crippen molar-refractivity contribution >= 4 is 5.91 Å². The lowest BCUT2D eigenvalue weighted by Gasteiger charge is -2.35. The van der Waals surface area contributed by atoms with Crippen molar-refractivity contribution in [1.29, 1.82) is 0 Å². The highest BCUT2D eigenvalue weighted by molar-refractivity contribution is 5.76. The average Bonchev–Trinajstić information content (AvgIpc) is 2.72. The lowest BCUT2D eigenvalue weighted by molar-refractivity contribution is -0.124. The summed E-state index contributed by atoms with van der Waals surface area (Å²) in [6.07, 6.45) is 5.29. The maximum atomic E-state index is 12.4. The van der Waals surface area contributed by atoms with Gasteiger partial charge in [-0.2, -0.15) is 0 Å². The van der Waals surface area contributed by atoms with Gasteiger partial charge in [0, 0.05) is 61.8 Å². The van der Waals surface area contributed by atoms with Gasteiger partial charge in [0.05, 0.1) is 25.5 Å². The molecular weight excluding hydrogens is 360 g/mol. The number of hydrogen-bond donors (Lipinski definition) is 3. The Morgan fingerprint density at radius 3 is 3.04 bits per heavy atom. The minimum absolute atomic E-state index is 0.0677. The smallest absolute Gasteiger partial charge is 0.221 e. The molecule has 3 heterocycles. The third kappa shape index (κ3) is 5.03. The molecule has 0 saturated carbocycles. The highest BCUT2D eigenvalue weighted by Gasteiger charge is 2.27. The van der Waals surface area contributed by atoms with E-state index in [1.165, 1.54) is 0 Å². The van der Waals surface area contributed by atoms with Gasteiger partial charge in [0.1, 0.15) is 5.75 Å². The lowest BCUT2D eigenvalue weighted by Crippen LogP contribution is -2.47. The number of hydrogen-bond acceptors (Lipinski definition) is 7. The minimum Gasteiger partial charge on any atom is -0.506 e. The topological polar surface area (TPSA) is 108 Å². The van der Waals surface area contributed by atoms with Crippen LogP contribution < -0.4 is 5.32 Å². The van der Waals surface area contributed by atoms with E-state index in [1.54, 1.807) is 25.5 Å². The summed E-state index contributed by atoms with van der Waals surface area (Å²) >= 11 is 0. The van der Waals surface area contributed by atoms with Crippen LogP contribution >= 0.6 is 0 Å². The van der Waals surface area contributed by atoms with Gasteiger partial charge < -0.3 is 20.3 Å². The zero-order chi connectivity index (χ0) is 19.9. The van der Waals surface area contributed by atoms with Crippen molar-refractivity contribution in [2.45, 2.75) is 39.1 Å². The quantitative estimate of drug-likeness (QED) is 0.649. The molecule has 1 fully saturated rings. The number of rotatable bonds is 7. The summed E-state index contributed by atoms with van der Waals surface area (Å²) in [4.78, 5) is 22.7. The predicted molar refractivity (Wildman–Crippen MR) is 102 cm³/mol. The molecular formula is C20H26N4O4. The highest BCUT2D eigenvalue weighted by atomic mass is 16.5. The molecule has 28 heavy (non-hydrogen) atoms. The van der Waals surface area contributed by atoms with Crippen molar-refractivity contribution in [3.63, 3.8) is 0 Å². The van der Waals surface area contributed by atoms with E-state index in [1.807, 2.05) is 12.1 Å². The molecule has 150 valence electrons. The van der Waals surface area contributed by atoms with Crippen molar-refractivity contribution in [2.24, 2.45) is 0 Å². The van der Waals surface area contributed by atoms with E-state index in [4.69, 9.17) is 4.74 Å². The Morgan fingerprint density at radius 2 is 2.29 bits per heavy atom. The van der Waals surface area contributed by atoms with Crippen molar-refractivity contribution < 1.29 is 19.7 Å². The molecule has 1 saturated heterocycles. The molecule has 2 aromatic heterocycles. The molecule has 2 aromatic rings. The second kappa shape index (κ2) is 9.59. The van der Waals surface area contributed by atoms with Gasteiger partial charge in [0.25, 0.3) is 0 Å². The monoisotopic (exact) mass is 386 g/mol. The summed E-state index contributed by atoms with van der Waals surface area (Å²) in [6.45, 7) is 4.03. The fourth-order valence-electron chi connectivity index (χ4n) is 3.27. The number of ether oxygens (including phenoxy) is 1. The molecule has 1 aliphatic rings. The van der Waals surface area contributed by atoms with Crippen molar-refractivity contribution in [3.05, 3.63) is 53.1 Å². The number of nitrogens with one attached hydrogen (secondary N) is 1. The normalized spacial score (nSPS) is 17.4. The minimum atomic E-state index is -0.198. The largest absolute Gasteiger partial charge is 0.506 e. The van der Waals surface area contributed by atoms with Crippen LogP contribution in [0.25, 0.3) is 0 Å². The third-order valence-electron chi connectivity index (χ3n) is 4.94. The highest BCUT2D eigenvalue weighted by Crippen LogP contribution is 2.27. The molecule has 1 amide bonds. The SMILES string of the molecule is Cc1ncc(CO)c(CN2CCOC[C@H]2CC(=O)NCc2cccnc2)c1O. The number of nitrogens with zero attached hydrogens (tertiary/aromatic N) is 3. The second-order valence-electron chi connectivity index (χ2n) is 6.90. The summed E-state index contributed by atoms with van der Waals surface area (Å²) in [5.74, 6) is 0.0275. The van der Waals surface area contributed by atoms with Crippen molar-refractivity contribution in [2.75, 3.05) is 19.8 Å². The number of pyridine rings is 2. The first-order valence-electron chi connectivity index (χ1n) is 9.33. The van der Waals surface area contributed by atoms with E-state index >= 15 is 0 Å². The zero-order valence-corrected chi connectivity index (χ0v) is 16.0. The van der Waals surface area contributed by atoms with Gasteiger partial charge in [0.2, 0.25) is 5.91 Å². The number of aromatic nitrogens is 2. The van der Waals surface area contributed by atoms with E-state index < -0.39 is 0 Å². The molecule has 0 spiro atoms. The first-order valence-corrected chi connectivity index (χ1v) is 9.33. The molecule has 8 nitrogen and oxygen atoms in total. The molecule has 1 aliphatic heterocycles. The number of aliphatic hydroxyl groups excluding tert-OH is 1. The summed E-state index contributed by atoms with van der Waals surface area (Å²) in [7, 11) is 0. The van der Waals surface area contributed by atoms with Gasteiger partial charge in [-0.1, -0.05) is 6.07 Å². The second-order valence-corrected chi connectivity index (χ2v) is 6.90. The number of amides is 1. The van der Waals surface area contributed by atoms with Crippen LogP contribution in [0.5, 0.6) is 5.75 Å². The van der Waals surface area contributed by atoms with Gasteiger partial charge in [-0.05, 0) is 18.6 Å².